The molecular weight excluding hydrogens is 234 g/mol. The molecule has 1 heterocycles. The van der Waals surface area contributed by atoms with Crippen LogP contribution in [-0.4, -0.2) is 28.0 Å². The molecule has 4 N–H and O–H groups in total. The van der Waals surface area contributed by atoms with Crippen molar-refractivity contribution in [2.45, 2.75) is 19.4 Å². The Bertz CT molecular complexity index is 485. The van der Waals surface area contributed by atoms with Crippen molar-refractivity contribution in [2.75, 3.05) is 5.32 Å². The molecule has 6 heteroatoms. The van der Waals surface area contributed by atoms with Crippen molar-refractivity contribution < 1.29 is 14.7 Å². The van der Waals surface area contributed by atoms with Crippen LogP contribution in [0.5, 0.6) is 0 Å². The van der Waals surface area contributed by atoms with Crippen molar-refractivity contribution in [3.8, 4) is 0 Å². The summed E-state index contributed by atoms with van der Waals surface area (Å²) in [6.45, 7) is 5.22. The van der Waals surface area contributed by atoms with E-state index < -0.39 is 17.9 Å². The molecule has 0 aliphatic carbocycles. The molecule has 1 amide bonds. The molecule has 1 unspecified atom stereocenters. The molecule has 0 saturated carbocycles. The predicted molar refractivity (Wildman–Crippen MR) is 67.4 cm³/mol. The summed E-state index contributed by atoms with van der Waals surface area (Å²) < 4.78 is 0. The second-order valence-corrected chi connectivity index (χ2v) is 3.77. The lowest BCUT2D eigenvalue weighted by molar-refractivity contribution is -0.137. The Hall–Kier alpha value is -2.37. The van der Waals surface area contributed by atoms with E-state index in [-0.39, 0.29) is 17.8 Å². The number of pyridine rings is 1. The van der Waals surface area contributed by atoms with E-state index in [2.05, 4.69) is 16.9 Å². The van der Waals surface area contributed by atoms with Crippen LogP contribution in [0.2, 0.25) is 0 Å². The van der Waals surface area contributed by atoms with Gasteiger partial charge in [-0.2, -0.15) is 0 Å². The first kappa shape index (κ1) is 13.7. The van der Waals surface area contributed by atoms with Crippen molar-refractivity contribution in [1.29, 1.82) is 0 Å². The predicted octanol–water partition coefficient (Wildman–Crippen LogP) is 0.930. The monoisotopic (exact) mass is 249 g/mol. The van der Waals surface area contributed by atoms with Crippen LogP contribution in [-0.2, 0) is 4.79 Å². The quantitative estimate of drug-likeness (QED) is 0.650. The van der Waals surface area contributed by atoms with Gasteiger partial charge in [0.05, 0.1) is 5.56 Å². The Morgan fingerprint density at radius 3 is 2.78 bits per heavy atom. The van der Waals surface area contributed by atoms with Crippen molar-refractivity contribution in [3.63, 3.8) is 0 Å². The van der Waals surface area contributed by atoms with E-state index in [0.717, 1.165) is 0 Å². The molecule has 0 aliphatic rings. The molecule has 96 valence electrons. The minimum atomic E-state index is -1.05. The van der Waals surface area contributed by atoms with Crippen molar-refractivity contribution in [2.24, 2.45) is 5.73 Å². The molecule has 1 rings (SSSR count). The third kappa shape index (κ3) is 3.31. The third-order valence-electron chi connectivity index (χ3n) is 2.31. The average molecular weight is 249 g/mol. The molecule has 0 radical (unpaired) electrons. The van der Waals surface area contributed by atoms with Gasteiger partial charge in [0.25, 0.3) is 5.91 Å². The lowest BCUT2D eigenvalue weighted by Gasteiger charge is -2.15. The van der Waals surface area contributed by atoms with Crippen molar-refractivity contribution in [3.05, 3.63) is 36.0 Å². The Morgan fingerprint density at radius 1 is 1.61 bits per heavy atom. The maximum Gasteiger partial charge on any atom is 0.326 e. The number of nitrogens with zero attached hydrogens (tertiary/aromatic N) is 1. The molecule has 0 aromatic carbocycles. The van der Waals surface area contributed by atoms with Gasteiger partial charge in [-0.25, -0.2) is 9.78 Å². The van der Waals surface area contributed by atoms with Crippen LogP contribution in [0.3, 0.4) is 0 Å². The van der Waals surface area contributed by atoms with Gasteiger partial charge in [0, 0.05) is 5.69 Å². The number of carbonyl (C=O) groups excluding carboxylic acids is 1. The number of hydrogen-bond donors (Lipinski definition) is 3. The van der Waals surface area contributed by atoms with E-state index in [0.29, 0.717) is 5.69 Å². The van der Waals surface area contributed by atoms with Gasteiger partial charge in [-0.15, -0.1) is 6.58 Å². The highest BCUT2D eigenvalue weighted by molar-refractivity contribution is 5.98. The molecule has 1 atom stereocenters. The number of aromatic nitrogens is 1. The molecule has 18 heavy (non-hydrogen) atoms. The number of primary amides is 1. The average Bonchev–Trinajstić information content (AvgIpc) is 2.28. The zero-order valence-corrected chi connectivity index (χ0v) is 10.0. The molecular formula is C12H15N3O3. The molecule has 0 saturated heterocycles. The van der Waals surface area contributed by atoms with E-state index in [1.807, 2.05) is 0 Å². The summed E-state index contributed by atoms with van der Waals surface area (Å²) in [7, 11) is 0. The van der Waals surface area contributed by atoms with Crippen LogP contribution in [0, 0.1) is 6.92 Å². The van der Waals surface area contributed by atoms with Crippen LogP contribution in [0.1, 0.15) is 22.5 Å². The van der Waals surface area contributed by atoms with Gasteiger partial charge in [0.15, 0.2) is 0 Å². The summed E-state index contributed by atoms with van der Waals surface area (Å²) >= 11 is 0. The number of aryl methyl sites for hydroxylation is 1. The zero-order valence-electron chi connectivity index (χ0n) is 10.0. The number of amides is 1. The topological polar surface area (TPSA) is 105 Å². The van der Waals surface area contributed by atoms with E-state index >= 15 is 0 Å². The number of carboxylic acid groups (broad SMARTS) is 1. The molecule has 1 aromatic rings. The fraction of sp³-hybridized carbons (Fsp3) is 0.250. The van der Waals surface area contributed by atoms with Gasteiger partial charge in [-0.05, 0) is 25.5 Å². The van der Waals surface area contributed by atoms with Crippen LogP contribution < -0.4 is 11.1 Å². The molecule has 0 aliphatic heterocycles. The fourth-order valence-corrected chi connectivity index (χ4v) is 1.42. The van der Waals surface area contributed by atoms with E-state index in [4.69, 9.17) is 10.8 Å². The van der Waals surface area contributed by atoms with E-state index in [1.165, 1.54) is 12.1 Å². The summed E-state index contributed by atoms with van der Waals surface area (Å²) in [5.74, 6) is -1.53. The number of aliphatic carboxylic acids is 1. The van der Waals surface area contributed by atoms with Crippen LogP contribution in [0.25, 0.3) is 0 Å². The molecule has 0 spiro atoms. The first-order valence-corrected chi connectivity index (χ1v) is 5.33. The number of nitrogens with one attached hydrogen (secondary N) is 1. The van der Waals surface area contributed by atoms with Gasteiger partial charge in [0.1, 0.15) is 11.9 Å². The smallest absolute Gasteiger partial charge is 0.326 e. The highest BCUT2D eigenvalue weighted by Gasteiger charge is 2.19. The van der Waals surface area contributed by atoms with Gasteiger partial charge in [-0.3, -0.25) is 4.79 Å². The molecule has 0 bridgehead atoms. The Kier molecular flexibility index (Phi) is 4.42. The number of hydrogen-bond acceptors (Lipinski definition) is 4. The number of nitrogens with two attached hydrogens (primary N) is 1. The summed E-state index contributed by atoms with van der Waals surface area (Å²) in [5, 5.41) is 11.7. The van der Waals surface area contributed by atoms with Gasteiger partial charge >= 0.3 is 5.97 Å². The Morgan fingerprint density at radius 2 is 2.28 bits per heavy atom. The highest BCUT2D eigenvalue weighted by atomic mass is 16.4. The van der Waals surface area contributed by atoms with Gasteiger partial charge in [-0.1, -0.05) is 6.08 Å². The lowest BCUT2D eigenvalue weighted by atomic mass is 10.1. The first-order valence-electron chi connectivity index (χ1n) is 5.33. The maximum absolute atomic E-state index is 11.2. The summed E-state index contributed by atoms with van der Waals surface area (Å²) in [5.41, 5.74) is 6.02. The van der Waals surface area contributed by atoms with Crippen LogP contribution in [0.15, 0.2) is 24.8 Å². The largest absolute Gasteiger partial charge is 0.480 e. The van der Waals surface area contributed by atoms with Crippen LogP contribution >= 0.6 is 0 Å². The van der Waals surface area contributed by atoms with Crippen molar-refractivity contribution in [1.82, 2.24) is 4.98 Å². The van der Waals surface area contributed by atoms with Gasteiger partial charge < -0.3 is 16.2 Å². The summed E-state index contributed by atoms with van der Waals surface area (Å²) in [6, 6.07) is 2.25. The zero-order chi connectivity index (χ0) is 13.7. The Balaban J connectivity index is 3.07. The number of anilines is 1. The van der Waals surface area contributed by atoms with E-state index in [1.54, 1.807) is 13.0 Å². The first-order chi connectivity index (χ1) is 8.45. The third-order valence-corrected chi connectivity index (χ3v) is 2.31. The summed E-state index contributed by atoms with van der Waals surface area (Å²) in [6.07, 6.45) is 1.69. The SMILES string of the molecule is C=CCC(Nc1nc(C)ccc1C(N)=O)C(=O)O. The lowest BCUT2D eigenvalue weighted by Crippen LogP contribution is -2.30. The number of carbonyl (C=O) groups is 2. The summed E-state index contributed by atoms with van der Waals surface area (Å²) in [4.78, 5) is 26.3. The van der Waals surface area contributed by atoms with E-state index in [9.17, 15) is 9.59 Å². The van der Waals surface area contributed by atoms with Crippen LogP contribution in [0.4, 0.5) is 5.82 Å². The van der Waals surface area contributed by atoms with Gasteiger partial charge in [0.2, 0.25) is 0 Å². The fourth-order valence-electron chi connectivity index (χ4n) is 1.42. The Labute approximate surface area is 105 Å². The molecule has 1 aromatic heterocycles. The number of carboxylic acids is 1. The second kappa shape index (κ2) is 5.81. The standard InChI is InChI=1S/C12H15N3O3/c1-3-4-9(12(17)18)15-11-8(10(13)16)6-5-7(2)14-11/h3,5-6,9H,1,4H2,2H3,(H2,13,16)(H,14,15)(H,17,18). The maximum atomic E-state index is 11.2. The molecule has 6 nitrogen and oxygen atoms in total. The normalized spacial score (nSPS) is 11.6. The second-order valence-electron chi connectivity index (χ2n) is 3.77. The molecule has 0 fully saturated rings. The minimum Gasteiger partial charge on any atom is -0.480 e. The number of rotatable bonds is 6. The minimum absolute atomic E-state index is 0.163. The highest BCUT2D eigenvalue weighted by Crippen LogP contribution is 2.15. The van der Waals surface area contributed by atoms with Crippen molar-refractivity contribution >= 4 is 17.7 Å².